The standard InChI is InChI=1S/C13H16ClN5O/c1-3-4-15-12-11(14)5-9(6-16-12)13(20)18-10-7-17-19(2)8-10/h5-8H,3-4H2,1-2H3,(H,15,16)(H,18,20). The Labute approximate surface area is 122 Å². The molecule has 0 aromatic carbocycles. The third kappa shape index (κ3) is 3.48. The molecule has 2 heterocycles. The van der Waals surface area contributed by atoms with Gasteiger partial charge in [0.25, 0.3) is 5.91 Å². The first-order valence-corrected chi connectivity index (χ1v) is 6.67. The molecule has 106 valence electrons. The molecule has 1 amide bonds. The number of aryl methyl sites for hydroxylation is 1. The van der Waals surface area contributed by atoms with Crippen LogP contribution in [0.25, 0.3) is 0 Å². The van der Waals surface area contributed by atoms with Crippen molar-refractivity contribution in [2.45, 2.75) is 13.3 Å². The number of hydrogen-bond acceptors (Lipinski definition) is 4. The van der Waals surface area contributed by atoms with Crippen LogP contribution in [0.5, 0.6) is 0 Å². The summed E-state index contributed by atoms with van der Waals surface area (Å²) in [7, 11) is 1.78. The summed E-state index contributed by atoms with van der Waals surface area (Å²) in [6.45, 7) is 2.84. The SMILES string of the molecule is CCCNc1ncc(C(=O)Nc2cnn(C)c2)cc1Cl. The van der Waals surface area contributed by atoms with Crippen LogP contribution in [0.2, 0.25) is 5.02 Å². The molecule has 2 aromatic heterocycles. The van der Waals surface area contributed by atoms with Gasteiger partial charge in [-0.2, -0.15) is 5.10 Å². The van der Waals surface area contributed by atoms with Gasteiger partial charge in [0.2, 0.25) is 0 Å². The molecule has 2 aromatic rings. The Bertz CT molecular complexity index is 611. The summed E-state index contributed by atoms with van der Waals surface area (Å²) < 4.78 is 1.61. The number of anilines is 2. The topological polar surface area (TPSA) is 71.8 Å². The minimum Gasteiger partial charge on any atom is -0.369 e. The van der Waals surface area contributed by atoms with Crippen molar-refractivity contribution in [2.75, 3.05) is 17.2 Å². The quantitative estimate of drug-likeness (QED) is 0.888. The third-order valence-corrected chi connectivity index (χ3v) is 2.90. The van der Waals surface area contributed by atoms with Gasteiger partial charge >= 0.3 is 0 Å². The largest absolute Gasteiger partial charge is 0.369 e. The molecule has 0 fully saturated rings. The van der Waals surface area contributed by atoms with Gasteiger partial charge in [-0.1, -0.05) is 18.5 Å². The number of rotatable bonds is 5. The highest BCUT2D eigenvalue weighted by Crippen LogP contribution is 2.20. The highest BCUT2D eigenvalue weighted by molar-refractivity contribution is 6.33. The first kappa shape index (κ1) is 14.3. The normalized spacial score (nSPS) is 10.3. The van der Waals surface area contributed by atoms with Gasteiger partial charge in [0.1, 0.15) is 5.82 Å². The Balaban J connectivity index is 2.08. The van der Waals surface area contributed by atoms with Crippen molar-refractivity contribution in [3.8, 4) is 0 Å². The average Bonchev–Trinajstić information content (AvgIpc) is 2.82. The molecule has 0 unspecified atom stereocenters. The van der Waals surface area contributed by atoms with Crippen molar-refractivity contribution in [3.63, 3.8) is 0 Å². The third-order valence-electron chi connectivity index (χ3n) is 2.61. The maximum Gasteiger partial charge on any atom is 0.257 e. The van der Waals surface area contributed by atoms with Crippen LogP contribution in [0.1, 0.15) is 23.7 Å². The number of carbonyl (C=O) groups excluding carboxylic acids is 1. The number of halogens is 1. The zero-order chi connectivity index (χ0) is 14.5. The van der Waals surface area contributed by atoms with Gasteiger partial charge in [-0.05, 0) is 12.5 Å². The first-order valence-electron chi connectivity index (χ1n) is 6.29. The van der Waals surface area contributed by atoms with E-state index in [1.54, 1.807) is 30.2 Å². The summed E-state index contributed by atoms with van der Waals surface area (Å²) in [5.74, 6) is 0.320. The fourth-order valence-electron chi connectivity index (χ4n) is 1.62. The van der Waals surface area contributed by atoms with Gasteiger partial charge in [0.05, 0.1) is 22.5 Å². The van der Waals surface area contributed by atoms with Crippen molar-refractivity contribution in [3.05, 3.63) is 35.2 Å². The second-order valence-electron chi connectivity index (χ2n) is 4.34. The highest BCUT2D eigenvalue weighted by atomic mass is 35.5. The molecule has 0 aliphatic rings. The van der Waals surface area contributed by atoms with E-state index in [0.717, 1.165) is 13.0 Å². The van der Waals surface area contributed by atoms with Gasteiger partial charge in [-0.25, -0.2) is 4.98 Å². The van der Waals surface area contributed by atoms with E-state index in [2.05, 4.69) is 27.6 Å². The molecule has 20 heavy (non-hydrogen) atoms. The maximum absolute atomic E-state index is 12.0. The molecule has 7 heteroatoms. The zero-order valence-corrected chi connectivity index (χ0v) is 12.1. The van der Waals surface area contributed by atoms with Gasteiger partial charge in [-0.15, -0.1) is 0 Å². The lowest BCUT2D eigenvalue weighted by Gasteiger charge is -2.08. The molecule has 0 radical (unpaired) electrons. The molecular weight excluding hydrogens is 278 g/mol. The van der Waals surface area contributed by atoms with Gasteiger partial charge in [0, 0.05) is 26.0 Å². The maximum atomic E-state index is 12.0. The Kier molecular flexibility index (Phi) is 4.57. The fourth-order valence-corrected chi connectivity index (χ4v) is 1.86. The Morgan fingerprint density at radius 3 is 2.85 bits per heavy atom. The lowest BCUT2D eigenvalue weighted by Crippen LogP contribution is -2.12. The summed E-state index contributed by atoms with van der Waals surface area (Å²) in [6, 6.07) is 1.60. The summed E-state index contributed by atoms with van der Waals surface area (Å²) in [5, 5.41) is 10.2. The first-order chi connectivity index (χ1) is 9.60. The second-order valence-corrected chi connectivity index (χ2v) is 4.75. The Hall–Kier alpha value is -2.08. The summed E-state index contributed by atoms with van der Waals surface area (Å²) in [6.07, 6.45) is 5.76. The minimum absolute atomic E-state index is 0.269. The predicted molar refractivity (Wildman–Crippen MR) is 79.2 cm³/mol. The summed E-state index contributed by atoms with van der Waals surface area (Å²) >= 11 is 6.09. The number of nitrogens with one attached hydrogen (secondary N) is 2. The van der Waals surface area contributed by atoms with Crippen LogP contribution in [-0.2, 0) is 7.05 Å². The lowest BCUT2D eigenvalue weighted by molar-refractivity contribution is 0.102. The number of hydrogen-bond donors (Lipinski definition) is 2. The van der Waals surface area contributed by atoms with Crippen molar-refractivity contribution >= 4 is 29.0 Å². The summed E-state index contributed by atoms with van der Waals surface area (Å²) in [5.41, 5.74) is 1.03. The van der Waals surface area contributed by atoms with E-state index in [1.165, 1.54) is 6.20 Å². The van der Waals surface area contributed by atoms with Crippen molar-refractivity contribution in [1.29, 1.82) is 0 Å². The number of pyridine rings is 1. The molecule has 0 atom stereocenters. The Morgan fingerprint density at radius 2 is 2.25 bits per heavy atom. The highest BCUT2D eigenvalue weighted by Gasteiger charge is 2.10. The molecule has 0 saturated heterocycles. The van der Waals surface area contributed by atoms with Crippen LogP contribution in [0, 0.1) is 0 Å². The molecule has 6 nitrogen and oxygen atoms in total. The van der Waals surface area contributed by atoms with E-state index in [4.69, 9.17) is 11.6 Å². The van der Waals surface area contributed by atoms with Crippen molar-refractivity contribution in [2.24, 2.45) is 7.05 Å². The van der Waals surface area contributed by atoms with Gasteiger partial charge in [-0.3, -0.25) is 9.48 Å². The zero-order valence-electron chi connectivity index (χ0n) is 11.4. The Morgan fingerprint density at radius 1 is 1.45 bits per heavy atom. The molecule has 0 spiro atoms. The number of aromatic nitrogens is 3. The molecule has 0 aliphatic heterocycles. The number of carbonyl (C=O) groups is 1. The van der Waals surface area contributed by atoms with Crippen LogP contribution < -0.4 is 10.6 Å². The molecule has 0 saturated carbocycles. The molecule has 0 aliphatic carbocycles. The molecule has 0 bridgehead atoms. The van der Waals surface area contributed by atoms with E-state index < -0.39 is 0 Å². The smallest absolute Gasteiger partial charge is 0.257 e. The van der Waals surface area contributed by atoms with Crippen molar-refractivity contribution < 1.29 is 4.79 Å². The van der Waals surface area contributed by atoms with Crippen LogP contribution in [0.3, 0.4) is 0 Å². The average molecular weight is 294 g/mol. The molecule has 2 N–H and O–H groups in total. The van der Waals surface area contributed by atoms with Crippen LogP contribution in [0.4, 0.5) is 11.5 Å². The van der Waals surface area contributed by atoms with Crippen LogP contribution >= 0.6 is 11.6 Å². The predicted octanol–water partition coefficient (Wildman–Crippen LogP) is 2.54. The van der Waals surface area contributed by atoms with E-state index in [0.29, 0.717) is 22.1 Å². The van der Waals surface area contributed by atoms with Crippen LogP contribution in [0.15, 0.2) is 24.7 Å². The molecular formula is C13H16ClN5O. The van der Waals surface area contributed by atoms with E-state index in [1.807, 2.05) is 0 Å². The fraction of sp³-hybridized carbons (Fsp3) is 0.308. The van der Waals surface area contributed by atoms with E-state index in [-0.39, 0.29) is 5.91 Å². The van der Waals surface area contributed by atoms with Gasteiger partial charge < -0.3 is 10.6 Å². The molecule has 2 rings (SSSR count). The van der Waals surface area contributed by atoms with Crippen LogP contribution in [-0.4, -0.2) is 27.2 Å². The van der Waals surface area contributed by atoms with Crippen molar-refractivity contribution in [1.82, 2.24) is 14.8 Å². The minimum atomic E-state index is -0.269. The lowest BCUT2D eigenvalue weighted by atomic mass is 10.2. The van der Waals surface area contributed by atoms with E-state index in [9.17, 15) is 4.79 Å². The number of amides is 1. The number of nitrogens with zero attached hydrogens (tertiary/aromatic N) is 3. The summed E-state index contributed by atoms with van der Waals surface area (Å²) in [4.78, 5) is 16.2. The monoisotopic (exact) mass is 293 g/mol. The van der Waals surface area contributed by atoms with Gasteiger partial charge in [0.15, 0.2) is 0 Å². The van der Waals surface area contributed by atoms with E-state index >= 15 is 0 Å². The second kappa shape index (κ2) is 6.38.